The summed E-state index contributed by atoms with van der Waals surface area (Å²) in [6, 6.07) is 7.72. The molecule has 2 rings (SSSR count). The summed E-state index contributed by atoms with van der Waals surface area (Å²) in [6.45, 7) is 6.57. The van der Waals surface area contributed by atoms with E-state index in [0.717, 1.165) is 30.8 Å². The molecule has 1 heterocycles. The molecule has 0 radical (unpaired) electrons. The lowest BCUT2D eigenvalue weighted by Crippen LogP contribution is -2.24. The quantitative estimate of drug-likeness (QED) is 0.877. The molecule has 1 aromatic rings. The Morgan fingerprint density at radius 3 is 2.79 bits per heavy atom. The molecule has 2 N–H and O–H groups in total. The van der Waals surface area contributed by atoms with Crippen LogP contribution in [0.15, 0.2) is 24.3 Å². The van der Waals surface area contributed by atoms with Gasteiger partial charge in [-0.3, -0.25) is 4.79 Å². The van der Waals surface area contributed by atoms with E-state index in [1.807, 2.05) is 24.3 Å². The van der Waals surface area contributed by atoms with Gasteiger partial charge in [0.15, 0.2) is 0 Å². The van der Waals surface area contributed by atoms with Crippen molar-refractivity contribution in [3.63, 3.8) is 0 Å². The lowest BCUT2D eigenvalue weighted by molar-refractivity contribution is -0.114. The van der Waals surface area contributed by atoms with E-state index in [2.05, 4.69) is 24.5 Å². The molecule has 1 atom stereocenters. The lowest BCUT2D eigenvalue weighted by Gasteiger charge is -2.20. The van der Waals surface area contributed by atoms with Gasteiger partial charge in [-0.2, -0.15) is 0 Å². The maximum atomic E-state index is 11.0. The fraction of sp³-hybridized carbons (Fsp3) is 0.533. The van der Waals surface area contributed by atoms with Crippen LogP contribution in [0.4, 0.5) is 11.4 Å². The number of benzene rings is 1. The molecule has 1 unspecified atom stereocenters. The predicted molar refractivity (Wildman–Crippen MR) is 77.4 cm³/mol. The largest absolute Gasteiger partial charge is 0.382 e. The minimum Gasteiger partial charge on any atom is -0.382 e. The Hall–Kier alpha value is -1.55. The molecule has 0 saturated carbocycles. The minimum absolute atomic E-state index is 0.00435. The number of hydrogen-bond donors (Lipinski definition) is 2. The molecule has 1 aliphatic rings. The molecule has 104 valence electrons. The molecule has 0 aliphatic carbocycles. The second kappa shape index (κ2) is 5.61. The molecule has 1 aromatic carbocycles. The average molecular weight is 262 g/mol. The van der Waals surface area contributed by atoms with Crippen molar-refractivity contribution in [2.45, 2.75) is 45.3 Å². The highest BCUT2D eigenvalue weighted by Crippen LogP contribution is 2.29. The first-order chi connectivity index (χ1) is 8.94. The number of anilines is 2. The molecule has 4 nitrogen and oxygen atoms in total. The van der Waals surface area contributed by atoms with Gasteiger partial charge < -0.3 is 15.4 Å². The second-order valence-corrected chi connectivity index (χ2v) is 5.68. The first-order valence-corrected chi connectivity index (χ1v) is 6.74. The van der Waals surface area contributed by atoms with Crippen LogP contribution >= 0.6 is 0 Å². The Morgan fingerprint density at radius 2 is 2.16 bits per heavy atom. The average Bonchev–Trinajstić information content (AvgIpc) is 2.66. The summed E-state index contributed by atoms with van der Waals surface area (Å²) in [7, 11) is 0. The zero-order chi connectivity index (χ0) is 13.9. The maximum absolute atomic E-state index is 11.0. The van der Waals surface area contributed by atoms with E-state index in [1.54, 1.807) is 0 Å². The van der Waals surface area contributed by atoms with E-state index < -0.39 is 0 Å². The van der Waals surface area contributed by atoms with Crippen LogP contribution in [0, 0.1) is 0 Å². The lowest BCUT2D eigenvalue weighted by atomic mass is 10.1. The third-order valence-corrected chi connectivity index (χ3v) is 3.27. The van der Waals surface area contributed by atoms with Gasteiger partial charge in [0.25, 0.3) is 0 Å². The molecular formula is C15H22N2O2. The number of carbonyl (C=O) groups excluding carboxylic acids is 1. The molecule has 19 heavy (non-hydrogen) atoms. The molecular weight excluding hydrogens is 240 g/mol. The van der Waals surface area contributed by atoms with Crippen LogP contribution in [0.25, 0.3) is 0 Å². The standard InChI is InChI=1S/C15H22N2O2/c1-11(18)17-13-6-4-5-12(9-13)16-10-14-7-8-15(2,3)19-14/h4-6,9,14,16H,7-8,10H2,1-3H3,(H,17,18). The number of nitrogens with one attached hydrogen (secondary N) is 2. The van der Waals surface area contributed by atoms with Crippen LogP contribution < -0.4 is 10.6 Å². The Labute approximate surface area is 114 Å². The van der Waals surface area contributed by atoms with Crippen molar-refractivity contribution in [3.8, 4) is 0 Å². The first-order valence-electron chi connectivity index (χ1n) is 6.74. The Bertz CT molecular complexity index is 457. The highest BCUT2D eigenvalue weighted by atomic mass is 16.5. The van der Waals surface area contributed by atoms with Crippen LogP contribution in [-0.4, -0.2) is 24.2 Å². The molecule has 0 bridgehead atoms. The summed E-state index contributed by atoms with van der Waals surface area (Å²) in [4.78, 5) is 11.0. The molecule has 1 saturated heterocycles. The Morgan fingerprint density at radius 1 is 1.42 bits per heavy atom. The van der Waals surface area contributed by atoms with Gasteiger partial charge in [-0.1, -0.05) is 6.07 Å². The van der Waals surface area contributed by atoms with E-state index in [0.29, 0.717) is 0 Å². The zero-order valence-corrected chi connectivity index (χ0v) is 11.8. The van der Waals surface area contributed by atoms with E-state index in [1.165, 1.54) is 6.92 Å². The van der Waals surface area contributed by atoms with Crippen LogP contribution in [-0.2, 0) is 9.53 Å². The van der Waals surface area contributed by atoms with Crippen molar-refractivity contribution >= 4 is 17.3 Å². The normalized spacial score (nSPS) is 21.1. The predicted octanol–water partition coefficient (Wildman–Crippen LogP) is 3.01. The van der Waals surface area contributed by atoms with Crippen LogP contribution in [0.5, 0.6) is 0 Å². The van der Waals surface area contributed by atoms with Crippen molar-refractivity contribution in [1.29, 1.82) is 0 Å². The summed E-state index contributed by atoms with van der Waals surface area (Å²) < 4.78 is 5.93. The molecule has 1 amide bonds. The van der Waals surface area contributed by atoms with Gasteiger partial charge in [0.05, 0.1) is 11.7 Å². The molecule has 1 fully saturated rings. The minimum atomic E-state index is -0.0574. The fourth-order valence-corrected chi connectivity index (χ4v) is 2.36. The highest BCUT2D eigenvalue weighted by Gasteiger charge is 2.31. The number of amides is 1. The summed E-state index contributed by atoms with van der Waals surface area (Å²) in [5, 5.41) is 6.14. The number of hydrogen-bond acceptors (Lipinski definition) is 3. The van der Waals surface area contributed by atoms with Gasteiger partial charge >= 0.3 is 0 Å². The highest BCUT2D eigenvalue weighted by molar-refractivity contribution is 5.89. The summed E-state index contributed by atoms with van der Waals surface area (Å²) in [5.41, 5.74) is 1.81. The summed E-state index contributed by atoms with van der Waals surface area (Å²) in [5.74, 6) is -0.0574. The van der Waals surface area contributed by atoms with Crippen LogP contribution in [0.3, 0.4) is 0 Å². The van der Waals surface area contributed by atoms with Gasteiger partial charge in [0.1, 0.15) is 0 Å². The number of carbonyl (C=O) groups is 1. The van der Waals surface area contributed by atoms with Gasteiger partial charge in [-0.15, -0.1) is 0 Å². The third-order valence-electron chi connectivity index (χ3n) is 3.27. The van der Waals surface area contributed by atoms with Crippen molar-refractivity contribution < 1.29 is 9.53 Å². The monoisotopic (exact) mass is 262 g/mol. The van der Waals surface area contributed by atoms with Crippen molar-refractivity contribution in [2.24, 2.45) is 0 Å². The van der Waals surface area contributed by atoms with E-state index >= 15 is 0 Å². The van der Waals surface area contributed by atoms with Crippen LogP contribution in [0.1, 0.15) is 33.6 Å². The van der Waals surface area contributed by atoms with E-state index in [-0.39, 0.29) is 17.6 Å². The molecule has 1 aliphatic heterocycles. The van der Waals surface area contributed by atoms with Gasteiger partial charge in [0.2, 0.25) is 5.91 Å². The number of ether oxygens (including phenoxy) is 1. The van der Waals surface area contributed by atoms with Gasteiger partial charge in [-0.05, 0) is 44.9 Å². The number of rotatable bonds is 4. The van der Waals surface area contributed by atoms with Crippen molar-refractivity contribution in [3.05, 3.63) is 24.3 Å². The molecule has 4 heteroatoms. The molecule has 0 spiro atoms. The topological polar surface area (TPSA) is 50.4 Å². The summed E-state index contributed by atoms with van der Waals surface area (Å²) >= 11 is 0. The van der Waals surface area contributed by atoms with Gasteiger partial charge in [-0.25, -0.2) is 0 Å². The smallest absolute Gasteiger partial charge is 0.221 e. The maximum Gasteiger partial charge on any atom is 0.221 e. The first kappa shape index (κ1) is 13.9. The van der Waals surface area contributed by atoms with Crippen molar-refractivity contribution in [1.82, 2.24) is 0 Å². The van der Waals surface area contributed by atoms with Crippen molar-refractivity contribution in [2.75, 3.05) is 17.2 Å². The fourth-order valence-electron chi connectivity index (χ4n) is 2.36. The Balaban J connectivity index is 1.88. The SMILES string of the molecule is CC(=O)Nc1cccc(NCC2CCC(C)(C)O2)c1. The Kier molecular flexibility index (Phi) is 4.10. The zero-order valence-electron chi connectivity index (χ0n) is 11.8. The van der Waals surface area contributed by atoms with Crippen LogP contribution in [0.2, 0.25) is 0 Å². The van der Waals surface area contributed by atoms with E-state index in [9.17, 15) is 4.79 Å². The van der Waals surface area contributed by atoms with Gasteiger partial charge in [0, 0.05) is 24.8 Å². The molecule has 0 aromatic heterocycles. The second-order valence-electron chi connectivity index (χ2n) is 5.68. The third kappa shape index (κ3) is 4.24. The summed E-state index contributed by atoms with van der Waals surface area (Å²) in [6.07, 6.45) is 2.45. The van der Waals surface area contributed by atoms with E-state index in [4.69, 9.17) is 4.74 Å².